The van der Waals surface area contributed by atoms with Gasteiger partial charge < -0.3 is 24.0 Å². The van der Waals surface area contributed by atoms with Gasteiger partial charge in [-0.1, -0.05) is 12.7 Å². The fourth-order valence-electron chi connectivity index (χ4n) is 3.93. The number of esters is 2. The molecule has 0 aliphatic carbocycles. The van der Waals surface area contributed by atoms with Crippen LogP contribution in [-0.4, -0.2) is 85.7 Å². The van der Waals surface area contributed by atoms with E-state index in [1.54, 1.807) is 0 Å². The second-order valence-corrected chi connectivity index (χ2v) is 6.27. The van der Waals surface area contributed by atoms with Crippen molar-refractivity contribution in [2.45, 2.75) is 30.7 Å². The number of nitrogens with zero attached hydrogens (tertiary/aromatic N) is 2. The van der Waals surface area contributed by atoms with E-state index in [1.807, 2.05) is 0 Å². The van der Waals surface area contributed by atoms with Crippen molar-refractivity contribution in [3.63, 3.8) is 0 Å². The van der Waals surface area contributed by atoms with Crippen LogP contribution in [0.25, 0.3) is 0 Å². The lowest BCUT2D eigenvalue weighted by molar-refractivity contribution is -0.180. The Labute approximate surface area is 157 Å². The van der Waals surface area contributed by atoms with Gasteiger partial charge in [0.05, 0.1) is 32.2 Å². The fourth-order valence-corrected chi connectivity index (χ4v) is 3.93. The maximum atomic E-state index is 12.6. The van der Waals surface area contributed by atoms with Gasteiger partial charge in [-0.2, -0.15) is 0 Å². The number of carbonyl (C=O) groups is 4. The lowest BCUT2D eigenvalue weighted by atomic mass is 9.83. The van der Waals surface area contributed by atoms with E-state index in [1.165, 1.54) is 37.2 Å². The van der Waals surface area contributed by atoms with Crippen LogP contribution in [0.2, 0.25) is 0 Å². The smallest absolute Gasteiger partial charge is 0.328 e. The summed E-state index contributed by atoms with van der Waals surface area (Å²) in [7, 11) is 3.81. The standard InChI is InChI=1S/C18H24N2O7/c1-6-8-19-14(15(25-3)16(19)22)13-10(17(23)26-4)9-11(18(24)27-5)20(13)12(21)7-2/h6-7,10-11,13-15H,1-2,8-9H2,3-5H3/t10-,11-,13+,14-,15+/m0/s1. The van der Waals surface area contributed by atoms with E-state index in [0.29, 0.717) is 0 Å². The highest BCUT2D eigenvalue weighted by Crippen LogP contribution is 2.40. The van der Waals surface area contributed by atoms with E-state index in [0.717, 1.165) is 6.08 Å². The normalized spacial score (nSPS) is 29.7. The molecule has 0 spiro atoms. The van der Waals surface area contributed by atoms with Gasteiger partial charge >= 0.3 is 11.9 Å². The second-order valence-electron chi connectivity index (χ2n) is 6.27. The van der Waals surface area contributed by atoms with Crippen LogP contribution in [0.15, 0.2) is 25.3 Å². The minimum Gasteiger partial charge on any atom is -0.469 e. The number of likely N-dealkylation sites (tertiary alicyclic amines) is 2. The molecule has 2 fully saturated rings. The van der Waals surface area contributed by atoms with Crippen molar-refractivity contribution in [1.82, 2.24) is 9.80 Å². The zero-order valence-electron chi connectivity index (χ0n) is 15.6. The van der Waals surface area contributed by atoms with Crippen molar-refractivity contribution in [3.8, 4) is 0 Å². The third-order valence-corrected chi connectivity index (χ3v) is 5.08. The molecule has 2 rings (SSSR count). The molecule has 2 aliphatic heterocycles. The molecule has 5 atom stereocenters. The lowest BCUT2D eigenvalue weighted by Crippen LogP contribution is -2.73. The summed E-state index contributed by atoms with van der Waals surface area (Å²) >= 11 is 0. The quantitative estimate of drug-likeness (QED) is 0.254. The molecule has 9 heteroatoms. The summed E-state index contributed by atoms with van der Waals surface area (Å²) in [4.78, 5) is 52.3. The summed E-state index contributed by atoms with van der Waals surface area (Å²) in [6.07, 6.45) is 1.77. The van der Waals surface area contributed by atoms with Crippen molar-refractivity contribution in [2.24, 2.45) is 5.92 Å². The highest BCUT2D eigenvalue weighted by atomic mass is 16.5. The molecule has 2 saturated heterocycles. The van der Waals surface area contributed by atoms with Crippen LogP contribution in [-0.2, 0) is 33.4 Å². The highest BCUT2D eigenvalue weighted by Gasteiger charge is 2.61. The first-order valence-electron chi connectivity index (χ1n) is 8.42. The van der Waals surface area contributed by atoms with Gasteiger partial charge in [0.2, 0.25) is 5.91 Å². The number of hydrogen-bond donors (Lipinski definition) is 0. The molecule has 148 valence electrons. The van der Waals surface area contributed by atoms with E-state index in [4.69, 9.17) is 14.2 Å². The molecule has 0 aromatic rings. The number of β-lactam (4-membered cyclic amide) rings is 1. The largest absolute Gasteiger partial charge is 0.469 e. The highest BCUT2D eigenvalue weighted by molar-refractivity contribution is 5.95. The van der Waals surface area contributed by atoms with Crippen LogP contribution >= 0.6 is 0 Å². The van der Waals surface area contributed by atoms with Gasteiger partial charge in [0, 0.05) is 13.7 Å². The van der Waals surface area contributed by atoms with Crippen LogP contribution in [0.3, 0.4) is 0 Å². The summed E-state index contributed by atoms with van der Waals surface area (Å²) in [6.45, 7) is 7.32. The van der Waals surface area contributed by atoms with Gasteiger partial charge in [0.1, 0.15) is 6.04 Å². The van der Waals surface area contributed by atoms with E-state index in [-0.39, 0.29) is 18.9 Å². The third kappa shape index (κ3) is 3.34. The number of carbonyl (C=O) groups excluding carboxylic acids is 4. The number of methoxy groups -OCH3 is 3. The van der Waals surface area contributed by atoms with E-state index < -0.39 is 48.0 Å². The van der Waals surface area contributed by atoms with Gasteiger partial charge in [0.25, 0.3) is 5.91 Å². The molecule has 0 N–H and O–H groups in total. The average Bonchev–Trinajstić information content (AvgIpc) is 3.07. The molecule has 0 radical (unpaired) electrons. The summed E-state index contributed by atoms with van der Waals surface area (Å²) in [6, 6.07) is -2.45. The Morgan fingerprint density at radius 1 is 1.11 bits per heavy atom. The molecule has 2 aliphatic rings. The fraction of sp³-hybridized carbons (Fsp3) is 0.556. The zero-order valence-corrected chi connectivity index (χ0v) is 15.6. The Hall–Kier alpha value is -2.68. The molecule has 0 aromatic carbocycles. The Morgan fingerprint density at radius 3 is 2.22 bits per heavy atom. The van der Waals surface area contributed by atoms with Crippen molar-refractivity contribution in [3.05, 3.63) is 25.3 Å². The van der Waals surface area contributed by atoms with Crippen LogP contribution in [0.4, 0.5) is 0 Å². The minimum absolute atomic E-state index is 0.0205. The van der Waals surface area contributed by atoms with Crippen molar-refractivity contribution >= 4 is 23.8 Å². The number of rotatable bonds is 7. The van der Waals surface area contributed by atoms with Crippen LogP contribution < -0.4 is 0 Å². The number of ether oxygens (including phenoxy) is 3. The van der Waals surface area contributed by atoms with Gasteiger partial charge in [-0.15, -0.1) is 6.58 Å². The predicted molar refractivity (Wildman–Crippen MR) is 93.3 cm³/mol. The molecule has 27 heavy (non-hydrogen) atoms. The average molecular weight is 380 g/mol. The van der Waals surface area contributed by atoms with Crippen molar-refractivity contribution < 1.29 is 33.4 Å². The molecule has 0 bridgehead atoms. The summed E-state index contributed by atoms with van der Waals surface area (Å²) in [5, 5.41) is 0. The van der Waals surface area contributed by atoms with E-state index in [9.17, 15) is 19.2 Å². The first kappa shape index (κ1) is 20.6. The van der Waals surface area contributed by atoms with Crippen LogP contribution in [0.5, 0.6) is 0 Å². The molecular formula is C18H24N2O7. The van der Waals surface area contributed by atoms with Gasteiger partial charge in [0.15, 0.2) is 6.10 Å². The Morgan fingerprint density at radius 2 is 1.74 bits per heavy atom. The first-order chi connectivity index (χ1) is 12.9. The molecule has 0 saturated carbocycles. The summed E-state index contributed by atoms with van der Waals surface area (Å²) in [5.74, 6) is -2.89. The van der Waals surface area contributed by atoms with Crippen molar-refractivity contribution in [1.29, 1.82) is 0 Å². The van der Waals surface area contributed by atoms with Gasteiger partial charge in [-0.05, 0) is 12.5 Å². The van der Waals surface area contributed by atoms with Crippen LogP contribution in [0, 0.1) is 5.92 Å². The maximum absolute atomic E-state index is 12.6. The molecule has 2 amide bonds. The summed E-state index contributed by atoms with van der Waals surface area (Å²) in [5.41, 5.74) is 0. The zero-order chi connectivity index (χ0) is 20.3. The predicted octanol–water partition coefficient (Wildman–Crippen LogP) is -0.484. The molecule has 2 heterocycles. The number of hydrogen-bond acceptors (Lipinski definition) is 7. The van der Waals surface area contributed by atoms with Crippen molar-refractivity contribution in [2.75, 3.05) is 27.9 Å². The monoisotopic (exact) mass is 380 g/mol. The topological polar surface area (TPSA) is 102 Å². The lowest BCUT2D eigenvalue weighted by Gasteiger charge is -2.51. The van der Waals surface area contributed by atoms with Gasteiger partial charge in [-0.25, -0.2) is 4.79 Å². The van der Waals surface area contributed by atoms with Gasteiger partial charge in [-0.3, -0.25) is 14.4 Å². The third-order valence-electron chi connectivity index (χ3n) is 5.08. The second kappa shape index (κ2) is 8.34. The molecule has 9 nitrogen and oxygen atoms in total. The molecule has 0 unspecified atom stereocenters. The Bertz CT molecular complexity index is 662. The van der Waals surface area contributed by atoms with E-state index >= 15 is 0 Å². The molecule has 0 aromatic heterocycles. The Balaban J connectivity index is 2.53. The maximum Gasteiger partial charge on any atom is 0.328 e. The van der Waals surface area contributed by atoms with Crippen LogP contribution in [0.1, 0.15) is 6.42 Å². The SMILES string of the molecule is C=CCN1C(=O)[C@H](OC)[C@@H]1[C@H]1[C@@H](C(=O)OC)C[C@@H](C(=O)OC)N1C(=O)C=C. The van der Waals surface area contributed by atoms with E-state index in [2.05, 4.69) is 13.2 Å². The minimum atomic E-state index is -0.992. The number of amides is 2. The Kier molecular flexibility index (Phi) is 6.37. The molecular weight excluding hydrogens is 356 g/mol. The summed E-state index contributed by atoms with van der Waals surface area (Å²) < 4.78 is 15.0. The first-order valence-corrected chi connectivity index (χ1v) is 8.42.